The quantitative estimate of drug-likeness (QED) is 0.611. The number of hydrogen-bond acceptors (Lipinski definition) is 3. The normalized spacial score (nSPS) is 12.9. The van der Waals surface area contributed by atoms with Crippen LogP contribution in [-0.4, -0.2) is 23.2 Å². The highest BCUT2D eigenvalue weighted by Crippen LogP contribution is 2.16. The Bertz CT molecular complexity index is 405. The molecule has 0 heterocycles. The Hall–Kier alpha value is -0.870. The first-order valence-electron chi connectivity index (χ1n) is 6.33. The van der Waals surface area contributed by atoms with Gasteiger partial charge in [0.25, 0.3) is 0 Å². The maximum absolute atomic E-state index is 12.1. The van der Waals surface area contributed by atoms with E-state index in [0.29, 0.717) is 24.0 Å². The van der Waals surface area contributed by atoms with Gasteiger partial charge in [0.1, 0.15) is 0 Å². The van der Waals surface area contributed by atoms with Crippen LogP contribution < -0.4 is 5.73 Å². The third-order valence-corrected chi connectivity index (χ3v) is 4.18. The fraction of sp³-hybridized carbons (Fsp3) is 0.571. The van der Waals surface area contributed by atoms with Gasteiger partial charge in [0.05, 0.1) is 23.2 Å². The van der Waals surface area contributed by atoms with Crippen molar-refractivity contribution in [1.29, 1.82) is 0 Å². The molecule has 0 aliphatic rings. The first-order chi connectivity index (χ1) is 8.50. The zero-order valence-corrected chi connectivity index (χ0v) is 12.3. The van der Waals surface area contributed by atoms with Gasteiger partial charge in [-0.05, 0) is 37.0 Å². The molecule has 1 aromatic carbocycles. The zero-order valence-electron chi connectivity index (χ0n) is 11.4. The van der Waals surface area contributed by atoms with Crippen molar-refractivity contribution < 1.29 is 8.95 Å². The molecule has 1 unspecified atom stereocenters. The van der Waals surface area contributed by atoms with Crippen molar-refractivity contribution in [3.63, 3.8) is 0 Å². The van der Waals surface area contributed by atoms with E-state index in [9.17, 15) is 4.21 Å². The second kappa shape index (κ2) is 7.54. The van der Waals surface area contributed by atoms with Gasteiger partial charge < -0.3 is 10.5 Å². The predicted molar refractivity (Wildman–Crippen MR) is 77.1 cm³/mol. The summed E-state index contributed by atoms with van der Waals surface area (Å²) >= 11 is 0. The molecule has 2 N–H and O–H groups in total. The van der Waals surface area contributed by atoms with E-state index < -0.39 is 10.8 Å². The smallest absolute Gasteiger partial charge is 0.0585 e. The monoisotopic (exact) mass is 269 g/mol. The summed E-state index contributed by atoms with van der Waals surface area (Å²) in [6.07, 6.45) is 1.05. The number of nitrogens with two attached hydrogens (primary N) is 1. The van der Waals surface area contributed by atoms with Crippen LogP contribution in [0.2, 0.25) is 0 Å². The van der Waals surface area contributed by atoms with Gasteiger partial charge in [-0.2, -0.15) is 0 Å². The summed E-state index contributed by atoms with van der Waals surface area (Å²) in [6, 6.07) is 5.52. The molecule has 0 aliphatic carbocycles. The van der Waals surface area contributed by atoms with E-state index in [2.05, 4.69) is 13.8 Å². The molecule has 0 saturated carbocycles. The molecule has 3 nitrogen and oxygen atoms in total. The minimum Gasteiger partial charge on any atom is -0.399 e. The van der Waals surface area contributed by atoms with E-state index in [4.69, 9.17) is 10.5 Å². The third-order valence-electron chi connectivity index (χ3n) is 2.71. The fourth-order valence-electron chi connectivity index (χ4n) is 1.53. The van der Waals surface area contributed by atoms with Crippen LogP contribution in [0.25, 0.3) is 0 Å². The summed E-state index contributed by atoms with van der Waals surface area (Å²) in [7, 11) is -1.02. The lowest BCUT2D eigenvalue weighted by Gasteiger charge is -2.08. The summed E-state index contributed by atoms with van der Waals surface area (Å²) in [6.45, 7) is 7.56. The topological polar surface area (TPSA) is 52.3 Å². The van der Waals surface area contributed by atoms with Crippen LogP contribution in [0.5, 0.6) is 0 Å². The number of aryl methyl sites for hydroxylation is 1. The maximum atomic E-state index is 12.1. The highest BCUT2D eigenvalue weighted by molar-refractivity contribution is 7.85. The van der Waals surface area contributed by atoms with Crippen molar-refractivity contribution in [2.24, 2.45) is 5.92 Å². The lowest BCUT2D eigenvalue weighted by Crippen LogP contribution is -2.09. The van der Waals surface area contributed by atoms with Gasteiger partial charge in [-0.25, -0.2) is 0 Å². The Balaban J connectivity index is 2.39. The molecule has 0 aromatic heterocycles. The molecule has 0 saturated heterocycles. The molecule has 1 rings (SSSR count). The number of ether oxygens (including phenoxy) is 1. The van der Waals surface area contributed by atoms with E-state index >= 15 is 0 Å². The molecular formula is C14H23NO2S. The average molecular weight is 269 g/mol. The SMILES string of the molecule is Cc1ccc(N)cc1S(=O)CCOCCC(C)C. The largest absolute Gasteiger partial charge is 0.399 e. The van der Waals surface area contributed by atoms with Gasteiger partial charge in [-0.15, -0.1) is 0 Å². The lowest BCUT2D eigenvalue weighted by atomic mass is 10.1. The highest BCUT2D eigenvalue weighted by Gasteiger charge is 2.07. The molecule has 102 valence electrons. The first-order valence-corrected chi connectivity index (χ1v) is 7.65. The molecule has 0 spiro atoms. The number of nitrogen functional groups attached to an aromatic ring is 1. The standard InChI is InChI=1S/C14H23NO2S/c1-11(2)6-7-17-8-9-18(16)14-10-13(15)5-4-12(14)3/h4-5,10-11H,6-9,15H2,1-3H3. The van der Waals surface area contributed by atoms with Crippen molar-refractivity contribution in [3.8, 4) is 0 Å². The molecule has 1 aromatic rings. The first kappa shape index (κ1) is 15.2. The van der Waals surface area contributed by atoms with Crippen LogP contribution in [0.1, 0.15) is 25.8 Å². The molecule has 0 aliphatic heterocycles. The summed E-state index contributed by atoms with van der Waals surface area (Å²) in [5, 5.41) is 0. The van der Waals surface area contributed by atoms with E-state index in [-0.39, 0.29) is 0 Å². The second-order valence-electron chi connectivity index (χ2n) is 4.87. The average Bonchev–Trinajstić information content (AvgIpc) is 2.31. The number of hydrogen-bond donors (Lipinski definition) is 1. The van der Waals surface area contributed by atoms with Crippen LogP contribution in [0.3, 0.4) is 0 Å². The molecule has 18 heavy (non-hydrogen) atoms. The number of anilines is 1. The second-order valence-corrected chi connectivity index (χ2v) is 6.41. The summed E-state index contributed by atoms with van der Waals surface area (Å²) in [5.41, 5.74) is 7.38. The van der Waals surface area contributed by atoms with E-state index in [1.165, 1.54) is 0 Å². The Morgan fingerprint density at radius 3 is 2.72 bits per heavy atom. The van der Waals surface area contributed by atoms with Gasteiger partial charge in [0.15, 0.2) is 0 Å². The summed E-state index contributed by atoms with van der Waals surface area (Å²) in [5.74, 6) is 1.18. The zero-order chi connectivity index (χ0) is 13.5. The summed E-state index contributed by atoms with van der Waals surface area (Å²) in [4.78, 5) is 0.822. The minimum atomic E-state index is -1.02. The number of rotatable bonds is 7. The van der Waals surface area contributed by atoms with Gasteiger partial charge in [0.2, 0.25) is 0 Å². The van der Waals surface area contributed by atoms with Crippen molar-refractivity contribution in [1.82, 2.24) is 0 Å². The minimum absolute atomic E-state index is 0.530. The lowest BCUT2D eigenvalue weighted by molar-refractivity contribution is 0.138. The molecule has 0 amide bonds. The Morgan fingerprint density at radius 1 is 1.33 bits per heavy atom. The van der Waals surface area contributed by atoms with Crippen LogP contribution in [0.15, 0.2) is 23.1 Å². The van der Waals surface area contributed by atoms with Gasteiger partial charge in [-0.3, -0.25) is 4.21 Å². The molecule has 0 radical (unpaired) electrons. The van der Waals surface area contributed by atoms with Crippen molar-refractivity contribution >= 4 is 16.5 Å². The molecule has 1 atom stereocenters. The Morgan fingerprint density at radius 2 is 2.06 bits per heavy atom. The highest BCUT2D eigenvalue weighted by atomic mass is 32.2. The van der Waals surface area contributed by atoms with Crippen LogP contribution in [0.4, 0.5) is 5.69 Å². The summed E-state index contributed by atoms with van der Waals surface area (Å²) < 4.78 is 17.6. The molecule has 0 fully saturated rings. The van der Waals surface area contributed by atoms with Gasteiger partial charge >= 0.3 is 0 Å². The molecular weight excluding hydrogens is 246 g/mol. The van der Waals surface area contributed by atoms with E-state index in [1.807, 2.05) is 19.1 Å². The van der Waals surface area contributed by atoms with Crippen LogP contribution in [-0.2, 0) is 15.5 Å². The maximum Gasteiger partial charge on any atom is 0.0585 e. The van der Waals surface area contributed by atoms with Crippen molar-refractivity contribution in [2.75, 3.05) is 24.7 Å². The molecule has 0 bridgehead atoms. The van der Waals surface area contributed by atoms with E-state index in [1.54, 1.807) is 6.07 Å². The Kier molecular flexibility index (Phi) is 6.36. The van der Waals surface area contributed by atoms with Crippen LogP contribution >= 0.6 is 0 Å². The number of benzene rings is 1. The fourth-order valence-corrected chi connectivity index (χ4v) is 2.71. The molecule has 4 heteroatoms. The van der Waals surface area contributed by atoms with Gasteiger partial charge in [0, 0.05) is 17.2 Å². The predicted octanol–water partition coefficient (Wildman–Crippen LogP) is 2.75. The van der Waals surface area contributed by atoms with Gasteiger partial charge in [-0.1, -0.05) is 19.9 Å². The van der Waals surface area contributed by atoms with E-state index in [0.717, 1.165) is 23.5 Å². The Labute approximate surface area is 112 Å². The van der Waals surface area contributed by atoms with Crippen molar-refractivity contribution in [2.45, 2.75) is 32.1 Å². The van der Waals surface area contributed by atoms with Crippen molar-refractivity contribution in [3.05, 3.63) is 23.8 Å². The third kappa shape index (κ3) is 5.19. The van der Waals surface area contributed by atoms with Crippen LogP contribution in [0, 0.1) is 12.8 Å².